The predicted octanol–water partition coefficient (Wildman–Crippen LogP) is 2.35. The van der Waals surface area contributed by atoms with Crippen LogP contribution in [0.4, 0.5) is 0 Å². The number of ether oxygens (including phenoxy) is 1. The SMILES string of the molecule is C#CCC(C)(C)COC(=O)c1cscn1. The van der Waals surface area contributed by atoms with Crippen molar-refractivity contribution in [3.8, 4) is 12.3 Å². The standard InChI is InChI=1S/C11H13NO2S/c1-4-5-11(2,3)7-14-10(13)9-6-15-8-12-9/h1,6,8H,5,7H2,2-3H3. The molecule has 0 aliphatic rings. The van der Waals surface area contributed by atoms with Gasteiger partial charge < -0.3 is 4.74 Å². The fourth-order valence-corrected chi connectivity index (χ4v) is 1.50. The molecule has 3 nitrogen and oxygen atoms in total. The van der Waals surface area contributed by atoms with Crippen molar-refractivity contribution in [2.24, 2.45) is 5.41 Å². The Hall–Kier alpha value is -1.34. The molecule has 0 atom stereocenters. The minimum absolute atomic E-state index is 0.180. The van der Waals surface area contributed by atoms with Crippen LogP contribution in [0.1, 0.15) is 30.8 Å². The first-order chi connectivity index (χ1) is 7.05. The van der Waals surface area contributed by atoms with E-state index in [1.165, 1.54) is 11.3 Å². The number of esters is 1. The summed E-state index contributed by atoms with van der Waals surface area (Å²) in [6, 6.07) is 0. The number of carbonyl (C=O) groups excluding carboxylic acids is 1. The number of thiazole rings is 1. The second-order valence-electron chi connectivity index (χ2n) is 3.99. The summed E-state index contributed by atoms with van der Waals surface area (Å²) in [5, 5.41) is 1.66. The molecule has 1 aromatic heterocycles. The van der Waals surface area contributed by atoms with Crippen LogP contribution >= 0.6 is 11.3 Å². The van der Waals surface area contributed by atoms with Gasteiger partial charge in [0, 0.05) is 17.2 Å². The van der Waals surface area contributed by atoms with Gasteiger partial charge in [0.25, 0.3) is 0 Å². The highest BCUT2D eigenvalue weighted by Crippen LogP contribution is 2.20. The Kier molecular flexibility index (Phi) is 3.87. The molecular weight excluding hydrogens is 210 g/mol. The number of hydrogen-bond acceptors (Lipinski definition) is 4. The van der Waals surface area contributed by atoms with Crippen LogP contribution in [0.15, 0.2) is 10.9 Å². The maximum absolute atomic E-state index is 11.4. The number of hydrogen-bond donors (Lipinski definition) is 0. The molecule has 0 N–H and O–H groups in total. The van der Waals surface area contributed by atoms with Gasteiger partial charge in [-0.05, 0) is 0 Å². The molecule has 0 saturated heterocycles. The van der Waals surface area contributed by atoms with E-state index in [2.05, 4.69) is 10.9 Å². The molecule has 0 spiro atoms. The first-order valence-electron chi connectivity index (χ1n) is 4.54. The molecule has 0 aromatic carbocycles. The van der Waals surface area contributed by atoms with Crippen molar-refractivity contribution in [2.45, 2.75) is 20.3 Å². The molecule has 0 unspecified atom stereocenters. The molecule has 1 aromatic rings. The quantitative estimate of drug-likeness (QED) is 0.581. The van der Waals surface area contributed by atoms with Crippen molar-refractivity contribution in [1.82, 2.24) is 4.98 Å². The molecule has 0 radical (unpaired) electrons. The highest BCUT2D eigenvalue weighted by atomic mass is 32.1. The third-order valence-electron chi connectivity index (χ3n) is 1.82. The Morgan fingerprint density at radius 1 is 1.73 bits per heavy atom. The Balaban J connectivity index is 2.45. The molecule has 0 bridgehead atoms. The second kappa shape index (κ2) is 4.94. The molecule has 0 saturated carbocycles. The minimum Gasteiger partial charge on any atom is -0.460 e. The topological polar surface area (TPSA) is 39.2 Å². The Morgan fingerprint density at radius 2 is 2.47 bits per heavy atom. The van der Waals surface area contributed by atoms with Gasteiger partial charge in [-0.3, -0.25) is 0 Å². The molecule has 1 rings (SSSR count). The second-order valence-corrected chi connectivity index (χ2v) is 4.71. The lowest BCUT2D eigenvalue weighted by Crippen LogP contribution is -2.21. The van der Waals surface area contributed by atoms with Gasteiger partial charge in [0.2, 0.25) is 0 Å². The van der Waals surface area contributed by atoms with Gasteiger partial charge in [0.05, 0.1) is 12.1 Å². The van der Waals surface area contributed by atoms with E-state index in [1.54, 1.807) is 10.9 Å². The van der Waals surface area contributed by atoms with Gasteiger partial charge in [-0.2, -0.15) is 0 Å². The summed E-state index contributed by atoms with van der Waals surface area (Å²) >= 11 is 1.37. The van der Waals surface area contributed by atoms with Gasteiger partial charge in [-0.1, -0.05) is 13.8 Å². The molecule has 0 fully saturated rings. The summed E-state index contributed by atoms with van der Waals surface area (Å²) in [6.45, 7) is 4.23. The van der Waals surface area contributed by atoms with E-state index in [1.807, 2.05) is 13.8 Å². The predicted molar refractivity (Wildman–Crippen MR) is 59.6 cm³/mol. The number of terminal acetylenes is 1. The average Bonchev–Trinajstić information content (AvgIpc) is 2.67. The van der Waals surface area contributed by atoms with Crippen molar-refractivity contribution in [1.29, 1.82) is 0 Å². The van der Waals surface area contributed by atoms with Gasteiger partial charge >= 0.3 is 5.97 Å². The van der Waals surface area contributed by atoms with E-state index in [0.717, 1.165) is 0 Å². The van der Waals surface area contributed by atoms with Crippen LogP contribution in [0.5, 0.6) is 0 Å². The van der Waals surface area contributed by atoms with Crippen LogP contribution in [0.25, 0.3) is 0 Å². The monoisotopic (exact) mass is 223 g/mol. The van der Waals surface area contributed by atoms with Crippen molar-refractivity contribution < 1.29 is 9.53 Å². The minimum atomic E-state index is -0.388. The van der Waals surface area contributed by atoms with Crippen LogP contribution in [0.2, 0.25) is 0 Å². The van der Waals surface area contributed by atoms with Gasteiger partial charge in [0.15, 0.2) is 5.69 Å². The molecule has 0 amide bonds. The Bertz CT molecular complexity index is 362. The number of rotatable bonds is 4. The maximum Gasteiger partial charge on any atom is 0.357 e. The van der Waals surface area contributed by atoms with Gasteiger partial charge in [-0.25, -0.2) is 9.78 Å². The third-order valence-corrected chi connectivity index (χ3v) is 2.40. The third kappa shape index (κ3) is 3.72. The molecule has 0 aliphatic heterocycles. The zero-order valence-electron chi connectivity index (χ0n) is 8.82. The highest BCUT2D eigenvalue weighted by Gasteiger charge is 2.20. The van der Waals surface area contributed by atoms with Gasteiger partial charge in [-0.15, -0.1) is 23.7 Å². The first kappa shape index (κ1) is 11.7. The van der Waals surface area contributed by atoms with Crippen LogP contribution < -0.4 is 0 Å². The van der Waals surface area contributed by atoms with E-state index in [4.69, 9.17) is 11.2 Å². The zero-order valence-corrected chi connectivity index (χ0v) is 9.63. The lowest BCUT2D eigenvalue weighted by molar-refractivity contribution is 0.0342. The molecule has 1 heterocycles. The summed E-state index contributed by atoms with van der Waals surface area (Å²) in [5.74, 6) is 2.17. The summed E-state index contributed by atoms with van der Waals surface area (Å²) < 4.78 is 5.11. The number of aromatic nitrogens is 1. The van der Waals surface area contributed by atoms with Crippen LogP contribution in [-0.4, -0.2) is 17.6 Å². The molecule has 0 aliphatic carbocycles. The van der Waals surface area contributed by atoms with Crippen molar-refractivity contribution in [2.75, 3.05) is 6.61 Å². The number of nitrogens with zero attached hydrogens (tertiary/aromatic N) is 1. The van der Waals surface area contributed by atoms with Gasteiger partial charge in [0.1, 0.15) is 0 Å². The summed E-state index contributed by atoms with van der Waals surface area (Å²) in [7, 11) is 0. The lowest BCUT2D eigenvalue weighted by atomic mass is 9.91. The highest BCUT2D eigenvalue weighted by molar-refractivity contribution is 7.07. The van der Waals surface area contributed by atoms with Crippen LogP contribution in [0.3, 0.4) is 0 Å². The van der Waals surface area contributed by atoms with Crippen molar-refractivity contribution >= 4 is 17.3 Å². The maximum atomic E-state index is 11.4. The Labute approximate surface area is 93.5 Å². The molecule has 80 valence electrons. The molecule has 4 heteroatoms. The molecular formula is C11H13NO2S. The fourth-order valence-electron chi connectivity index (χ4n) is 0.976. The summed E-state index contributed by atoms with van der Waals surface area (Å²) in [4.78, 5) is 15.3. The van der Waals surface area contributed by atoms with Crippen LogP contribution in [0, 0.1) is 17.8 Å². The smallest absolute Gasteiger partial charge is 0.357 e. The largest absolute Gasteiger partial charge is 0.460 e. The van der Waals surface area contributed by atoms with E-state index >= 15 is 0 Å². The van der Waals surface area contributed by atoms with E-state index in [0.29, 0.717) is 18.7 Å². The van der Waals surface area contributed by atoms with E-state index < -0.39 is 0 Å². The van der Waals surface area contributed by atoms with Crippen molar-refractivity contribution in [3.05, 3.63) is 16.6 Å². The van der Waals surface area contributed by atoms with E-state index in [9.17, 15) is 4.79 Å². The normalized spacial score (nSPS) is 10.7. The fraction of sp³-hybridized carbons (Fsp3) is 0.455. The first-order valence-corrected chi connectivity index (χ1v) is 5.48. The lowest BCUT2D eigenvalue weighted by Gasteiger charge is -2.20. The van der Waals surface area contributed by atoms with Crippen molar-refractivity contribution in [3.63, 3.8) is 0 Å². The zero-order chi connectivity index (χ0) is 11.3. The average molecular weight is 223 g/mol. The molecule has 15 heavy (non-hydrogen) atoms. The Morgan fingerprint density at radius 3 is 3.00 bits per heavy atom. The van der Waals surface area contributed by atoms with E-state index in [-0.39, 0.29) is 11.4 Å². The van der Waals surface area contributed by atoms with Crippen LogP contribution in [-0.2, 0) is 4.74 Å². The number of carbonyl (C=O) groups is 1. The summed E-state index contributed by atoms with van der Waals surface area (Å²) in [6.07, 6.45) is 5.80. The summed E-state index contributed by atoms with van der Waals surface area (Å²) in [5.41, 5.74) is 1.78.